The highest BCUT2D eigenvalue weighted by Crippen LogP contribution is 2.30. The molecule has 0 heterocycles. The second kappa shape index (κ2) is 10.8. The van der Waals surface area contributed by atoms with Gasteiger partial charge >= 0.3 is 0 Å². The van der Waals surface area contributed by atoms with Crippen LogP contribution in [0, 0.1) is 0 Å². The van der Waals surface area contributed by atoms with E-state index >= 15 is 0 Å². The van der Waals surface area contributed by atoms with Gasteiger partial charge in [0.15, 0.2) is 0 Å². The van der Waals surface area contributed by atoms with Crippen molar-refractivity contribution in [2.75, 3.05) is 19.6 Å². The monoisotopic (exact) mass is 361 g/mol. The second-order valence-electron chi connectivity index (χ2n) is 6.91. The Morgan fingerprint density at radius 1 is 0.880 bits per heavy atom. The molecule has 2 aromatic carbocycles. The van der Waals surface area contributed by atoms with Gasteiger partial charge in [-0.3, -0.25) is 0 Å². The predicted molar refractivity (Wildman–Crippen MR) is 109 cm³/mol. The summed E-state index contributed by atoms with van der Waals surface area (Å²) >= 11 is 6.32. The molecule has 0 saturated heterocycles. The van der Waals surface area contributed by atoms with Crippen LogP contribution in [0.25, 0.3) is 10.8 Å². The molecule has 0 spiro atoms. The Morgan fingerprint density at radius 2 is 1.48 bits per heavy atom. The minimum atomic E-state index is -0.481. The maximum Gasteiger partial charge on any atom is 0.0922 e. The third kappa shape index (κ3) is 5.99. The molecule has 2 rings (SSSR count). The van der Waals surface area contributed by atoms with Crippen molar-refractivity contribution in [1.82, 2.24) is 4.90 Å². The van der Waals surface area contributed by atoms with Gasteiger partial charge in [0.1, 0.15) is 0 Å². The van der Waals surface area contributed by atoms with Crippen LogP contribution in [0.2, 0.25) is 5.02 Å². The summed E-state index contributed by atoms with van der Waals surface area (Å²) in [6.45, 7) is 7.30. The highest BCUT2D eigenvalue weighted by atomic mass is 35.5. The van der Waals surface area contributed by atoms with Crippen LogP contribution < -0.4 is 0 Å². The number of nitrogens with zero attached hydrogens (tertiary/aromatic N) is 1. The van der Waals surface area contributed by atoms with E-state index in [0.29, 0.717) is 6.54 Å². The van der Waals surface area contributed by atoms with E-state index in [2.05, 4.69) is 24.8 Å². The molecule has 2 nitrogen and oxygen atoms in total. The average molecular weight is 362 g/mol. The first-order valence-electron chi connectivity index (χ1n) is 9.75. The minimum Gasteiger partial charge on any atom is -0.387 e. The van der Waals surface area contributed by atoms with Crippen molar-refractivity contribution < 1.29 is 5.11 Å². The van der Waals surface area contributed by atoms with Gasteiger partial charge in [0.25, 0.3) is 0 Å². The van der Waals surface area contributed by atoms with Crippen molar-refractivity contribution in [3.8, 4) is 0 Å². The molecule has 0 amide bonds. The fourth-order valence-corrected chi connectivity index (χ4v) is 3.61. The van der Waals surface area contributed by atoms with Crippen LogP contribution in [0.15, 0.2) is 36.4 Å². The van der Waals surface area contributed by atoms with E-state index in [-0.39, 0.29) is 0 Å². The van der Waals surface area contributed by atoms with Crippen molar-refractivity contribution in [3.63, 3.8) is 0 Å². The van der Waals surface area contributed by atoms with E-state index in [1.54, 1.807) is 0 Å². The van der Waals surface area contributed by atoms with E-state index in [1.807, 2.05) is 30.3 Å². The molecule has 2 aromatic rings. The quantitative estimate of drug-likeness (QED) is 0.481. The maximum absolute atomic E-state index is 10.9. The largest absolute Gasteiger partial charge is 0.387 e. The van der Waals surface area contributed by atoms with Crippen molar-refractivity contribution in [1.29, 1.82) is 0 Å². The summed E-state index contributed by atoms with van der Waals surface area (Å²) < 4.78 is 0. The number of hydrogen-bond acceptors (Lipinski definition) is 2. The molecule has 0 aliphatic carbocycles. The lowest BCUT2D eigenvalue weighted by atomic mass is 10.00. The Hall–Kier alpha value is -1.09. The summed E-state index contributed by atoms with van der Waals surface area (Å²) in [6.07, 6.45) is 6.90. The zero-order valence-electron chi connectivity index (χ0n) is 15.7. The molecule has 0 aromatic heterocycles. The Bertz CT molecular complexity index is 633. The zero-order valence-corrected chi connectivity index (χ0v) is 16.4. The van der Waals surface area contributed by atoms with E-state index in [0.717, 1.165) is 34.4 Å². The van der Waals surface area contributed by atoms with Crippen LogP contribution in [-0.2, 0) is 0 Å². The Balaban J connectivity index is 2.11. The van der Waals surface area contributed by atoms with Crippen molar-refractivity contribution in [3.05, 3.63) is 47.0 Å². The fraction of sp³-hybridized carbons (Fsp3) is 0.545. The van der Waals surface area contributed by atoms with Crippen LogP contribution in [0.5, 0.6) is 0 Å². The van der Waals surface area contributed by atoms with E-state index < -0.39 is 6.10 Å². The molecule has 1 N–H and O–H groups in total. The SMILES string of the molecule is CCCCCN(CCCCC)C[C@H](O)c1ccc(Cl)c2ccccc12. The summed E-state index contributed by atoms with van der Waals surface area (Å²) in [7, 11) is 0. The maximum atomic E-state index is 10.9. The number of unbranched alkanes of at least 4 members (excludes halogenated alkanes) is 4. The van der Waals surface area contributed by atoms with Gasteiger partial charge in [-0.1, -0.05) is 81.5 Å². The lowest BCUT2D eigenvalue weighted by molar-refractivity contribution is 0.111. The smallest absolute Gasteiger partial charge is 0.0922 e. The zero-order chi connectivity index (χ0) is 18.1. The Morgan fingerprint density at radius 3 is 2.08 bits per heavy atom. The first-order chi connectivity index (χ1) is 12.2. The van der Waals surface area contributed by atoms with Gasteiger partial charge in [-0.15, -0.1) is 0 Å². The topological polar surface area (TPSA) is 23.5 Å². The number of fused-ring (bicyclic) bond motifs is 1. The predicted octanol–water partition coefficient (Wildman–Crippen LogP) is 6.21. The number of benzene rings is 2. The van der Waals surface area contributed by atoms with E-state index in [4.69, 9.17) is 11.6 Å². The lowest BCUT2D eigenvalue weighted by Crippen LogP contribution is -2.31. The third-order valence-corrected chi connectivity index (χ3v) is 5.18. The van der Waals surface area contributed by atoms with Gasteiger partial charge in [-0.2, -0.15) is 0 Å². The van der Waals surface area contributed by atoms with Gasteiger partial charge in [-0.25, -0.2) is 0 Å². The van der Waals surface area contributed by atoms with Gasteiger partial charge in [0.2, 0.25) is 0 Å². The Labute approximate surface area is 157 Å². The molecule has 25 heavy (non-hydrogen) atoms. The number of aliphatic hydroxyl groups is 1. The first kappa shape index (κ1) is 20.2. The molecule has 0 aliphatic rings. The van der Waals surface area contributed by atoms with Crippen molar-refractivity contribution in [2.45, 2.75) is 58.5 Å². The molecule has 0 saturated carbocycles. The number of aliphatic hydroxyl groups excluding tert-OH is 1. The van der Waals surface area contributed by atoms with Crippen LogP contribution in [0.4, 0.5) is 0 Å². The highest BCUT2D eigenvalue weighted by molar-refractivity contribution is 6.35. The van der Waals surface area contributed by atoms with Crippen LogP contribution in [-0.4, -0.2) is 29.6 Å². The van der Waals surface area contributed by atoms with Gasteiger partial charge < -0.3 is 10.0 Å². The van der Waals surface area contributed by atoms with Crippen molar-refractivity contribution in [2.24, 2.45) is 0 Å². The molecule has 1 atom stereocenters. The molecule has 138 valence electrons. The van der Waals surface area contributed by atoms with Gasteiger partial charge in [0.05, 0.1) is 6.10 Å². The number of halogens is 1. The van der Waals surface area contributed by atoms with E-state index in [1.165, 1.54) is 38.5 Å². The average Bonchev–Trinajstić information content (AvgIpc) is 2.62. The van der Waals surface area contributed by atoms with Crippen molar-refractivity contribution >= 4 is 22.4 Å². The molecular weight excluding hydrogens is 330 g/mol. The minimum absolute atomic E-state index is 0.481. The highest BCUT2D eigenvalue weighted by Gasteiger charge is 2.16. The number of rotatable bonds is 11. The molecule has 0 fully saturated rings. The fourth-order valence-electron chi connectivity index (χ4n) is 3.38. The molecule has 0 unspecified atom stereocenters. The van der Waals surface area contributed by atoms with Crippen LogP contribution in [0.1, 0.15) is 64.0 Å². The summed E-state index contributed by atoms with van der Waals surface area (Å²) in [4.78, 5) is 2.43. The number of hydrogen-bond donors (Lipinski definition) is 1. The normalized spacial score (nSPS) is 12.8. The van der Waals surface area contributed by atoms with Gasteiger partial charge in [-0.05, 0) is 42.9 Å². The Kier molecular flexibility index (Phi) is 8.74. The van der Waals surface area contributed by atoms with Crippen LogP contribution >= 0.6 is 11.6 Å². The standard InChI is InChI=1S/C22H32ClNO/c1-3-5-9-15-24(16-10-6-4-2)17-22(25)20-13-14-21(23)19-12-8-7-11-18(19)20/h7-8,11-14,22,25H,3-6,9-10,15-17H2,1-2H3/t22-/m0/s1. The molecular formula is C22H32ClNO. The van der Waals surface area contributed by atoms with E-state index in [9.17, 15) is 5.11 Å². The molecule has 0 bridgehead atoms. The van der Waals surface area contributed by atoms with Gasteiger partial charge in [0, 0.05) is 17.0 Å². The molecule has 0 aliphatic heterocycles. The van der Waals surface area contributed by atoms with Crippen LogP contribution in [0.3, 0.4) is 0 Å². The third-order valence-electron chi connectivity index (χ3n) is 4.85. The summed E-state index contributed by atoms with van der Waals surface area (Å²) in [6, 6.07) is 12.0. The molecule has 0 radical (unpaired) electrons. The summed E-state index contributed by atoms with van der Waals surface area (Å²) in [5, 5.41) is 13.7. The summed E-state index contributed by atoms with van der Waals surface area (Å²) in [5.41, 5.74) is 0.982. The lowest BCUT2D eigenvalue weighted by Gasteiger charge is -2.26. The second-order valence-corrected chi connectivity index (χ2v) is 7.32. The summed E-state index contributed by atoms with van der Waals surface area (Å²) in [5.74, 6) is 0. The molecule has 3 heteroatoms. The first-order valence-corrected chi connectivity index (χ1v) is 10.1.